The molecule has 3 aromatic rings. The third-order valence-electron chi connectivity index (χ3n) is 19.4. The average molecular weight is 1330 g/mol. The van der Waals surface area contributed by atoms with Gasteiger partial charge in [-0.3, -0.25) is 43.2 Å². The molecular weight excluding hydrogens is 1240 g/mol. The van der Waals surface area contributed by atoms with E-state index in [9.17, 15) is 48.3 Å². The molecule has 4 aliphatic carbocycles. The minimum absolute atomic E-state index is 0.0115. The summed E-state index contributed by atoms with van der Waals surface area (Å²) in [5.41, 5.74) is 1.02. The fourth-order valence-electron chi connectivity index (χ4n) is 14.7. The van der Waals surface area contributed by atoms with E-state index in [-0.39, 0.29) is 140 Å². The summed E-state index contributed by atoms with van der Waals surface area (Å²) in [7, 11) is 0. The van der Waals surface area contributed by atoms with Crippen molar-refractivity contribution in [3.05, 3.63) is 125 Å². The first-order valence-electron chi connectivity index (χ1n) is 33.5. The molecule has 6 aliphatic rings. The van der Waals surface area contributed by atoms with Crippen molar-refractivity contribution >= 4 is 58.4 Å². The van der Waals surface area contributed by atoms with E-state index in [2.05, 4.69) is 33.1 Å². The van der Waals surface area contributed by atoms with Crippen LogP contribution in [0.2, 0.25) is 0 Å². The number of carbonyl (C=O) groups is 9. The van der Waals surface area contributed by atoms with Gasteiger partial charge in [-0.05, 0) is 91.0 Å². The molecule has 96 heavy (non-hydrogen) atoms. The van der Waals surface area contributed by atoms with Crippen LogP contribution >= 0.6 is 0 Å². The van der Waals surface area contributed by atoms with Crippen molar-refractivity contribution in [2.24, 2.45) is 28.6 Å². The van der Waals surface area contributed by atoms with E-state index in [0.29, 0.717) is 51.4 Å². The number of fused-ring (bicyclic) bond motifs is 9. The van der Waals surface area contributed by atoms with Gasteiger partial charge in [0.25, 0.3) is 0 Å². The van der Waals surface area contributed by atoms with E-state index in [1.165, 1.54) is 12.2 Å². The number of ketones is 4. The minimum Gasteiger partial charge on any atom is -0.393 e. The molecule has 23 heteroatoms. The zero-order chi connectivity index (χ0) is 68.2. The SMILES string of the molecule is CCCC1O[C@@H]2C[C@H]3[C@@H]4C[C@H](F)C5=CC(=O)C=C[C@]5(C)C4[C@@H](O)C[C@]3(C)[C@]2(C(=O)COCNC(=O)CCC(=O)[C@H](Cc2ccccc2)NC(=O)CCC(=O)CNC(=O)CCOCCOCCOCCOCCNC(=O)CCC(=O)N2Cc3ccccc3C#Cc3ccccc32)O1. The van der Waals surface area contributed by atoms with Crippen molar-refractivity contribution in [2.45, 2.75) is 147 Å². The van der Waals surface area contributed by atoms with Crippen LogP contribution in [0.5, 0.6) is 0 Å². The highest BCUT2D eigenvalue weighted by atomic mass is 19.1. The van der Waals surface area contributed by atoms with Crippen molar-refractivity contribution in [1.29, 1.82) is 0 Å². The first-order valence-corrected chi connectivity index (χ1v) is 33.5. The second kappa shape index (κ2) is 34.5. The summed E-state index contributed by atoms with van der Waals surface area (Å²) >= 11 is 0. The highest BCUT2D eigenvalue weighted by Gasteiger charge is 2.76. The Morgan fingerprint density at radius 3 is 2.11 bits per heavy atom. The highest BCUT2D eigenvalue weighted by Crippen LogP contribution is 2.70. The molecule has 22 nitrogen and oxygen atoms in total. The molecular formula is C73H90FN5O17. The zero-order valence-corrected chi connectivity index (χ0v) is 55.0. The lowest BCUT2D eigenvalue weighted by molar-refractivity contribution is -0.203. The normalized spacial score (nSPS) is 25.3. The number of amides is 5. The summed E-state index contributed by atoms with van der Waals surface area (Å²) < 4.78 is 57.1. The second-order valence-corrected chi connectivity index (χ2v) is 25.8. The number of alkyl halides is 1. The fourth-order valence-corrected chi connectivity index (χ4v) is 14.7. The third-order valence-corrected chi connectivity index (χ3v) is 19.4. The van der Waals surface area contributed by atoms with Gasteiger partial charge in [-0.25, -0.2) is 4.39 Å². The molecule has 2 unspecified atom stereocenters. The Labute approximate surface area is 559 Å². The molecule has 5 amide bonds. The maximum Gasteiger partial charge on any atom is 0.227 e. The van der Waals surface area contributed by atoms with E-state index >= 15 is 4.39 Å². The lowest BCUT2D eigenvalue weighted by atomic mass is 9.46. The first-order chi connectivity index (χ1) is 46.3. The van der Waals surface area contributed by atoms with E-state index < -0.39 is 94.7 Å². The van der Waals surface area contributed by atoms with Gasteiger partial charge in [0, 0.05) is 79.4 Å². The predicted octanol–water partition coefficient (Wildman–Crippen LogP) is 5.60. The van der Waals surface area contributed by atoms with E-state index in [1.807, 2.05) is 75.4 Å². The summed E-state index contributed by atoms with van der Waals surface area (Å²) in [5, 5.41) is 22.7. The van der Waals surface area contributed by atoms with E-state index in [4.69, 9.17) is 33.2 Å². The Morgan fingerprint density at radius 2 is 1.36 bits per heavy atom. The highest BCUT2D eigenvalue weighted by molar-refractivity contribution is 6.01. The number of nitrogens with zero attached hydrogens (tertiary/aromatic N) is 1. The number of hydrogen-bond acceptors (Lipinski definition) is 17. The van der Waals surface area contributed by atoms with Crippen molar-refractivity contribution in [3.8, 4) is 11.8 Å². The van der Waals surface area contributed by atoms with Gasteiger partial charge in [-0.1, -0.05) is 106 Å². The summed E-state index contributed by atoms with van der Waals surface area (Å²) in [6.07, 6.45) is 1.93. The lowest BCUT2D eigenvalue weighted by Gasteiger charge is -2.60. The molecule has 0 aromatic heterocycles. The number of hydrogen-bond donors (Lipinski definition) is 5. The molecule has 3 aromatic carbocycles. The largest absolute Gasteiger partial charge is 0.393 e. The number of carbonyl (C=O) groups excluding carboxylic acids is 9. The number of halogens is 1. The van der Waals surface area contributed by atoms with Crippen molar-refractivity contribution in [1.82, 2.24) is 21.3 Å². The maximum atomic E-state index is 16.1. The van der Waals surface area contributed by atoms with E-state index in [0.717, 1.165) is 34.4 Å². The Balaban J connectivity index is 0.595. The summed E-state index contributed by atoms with van der Waals surface area (Å²) in [4.78, 5) is 120. The number of aliphatic hydroxyl groups excluding tert-OH is 1. The minimum atomic E-state index is -1.52. The van der Waals surface area contributed by atoms with Crippen LogP contribution in [0.1, 0.15) is 120 Å². The van der Waals surface area contributed by atoms with Gasteiger partial charge in [0.1, 0.15) is 19.5 Å². The van der Waals surface area contributed by atoms with E-state index in [1.54, 1.807) is 35.2 Å². The van der Waals surface area contributed by atoms with Gasteiger partial charge in [0.2, 0.25) is 29.5 Å². The monoisotopic (exact) mass is 1330 g/mol. The molecule has 0 bridgehead atoms. The summed E-state index contributed by atoms with van der Waals surface area (Å²) in [6.45, 7) is 7.34. The number of rotatable bonds is 37. The predicted molar refractivity (Wildman–Crippen MR) is 349 cm³/mol. The number of aliphatic hydroxyl groups is 1. The van der Waals surface area contributed by atoms with Crippen molar-refractivity contribution in [3.63, 3.8) is 0 Å². The van der Waals surface area contributed by atoms with Gasteiger partial charge < -0.3 is 64.4 Å². The first kappa shape index (κ1) is 72.6. The Kier molecular flexibility index (Phi) is 26.1. The van der Waals surface area contributed by atoms with Crippen molar-refractivity contribution < 1.29 is 85.8 Å². The van der Waals surface area contributed by atoms with Crippen LogP contribution in [0.3, 0.4) is 0 Å². The van der Waals surface area contributed by atoms with Crippen LogP contribution in [-0.4, -0.2) is 173 Å². The van der Waals surface area contributed by atoms with Crippen LogP contribution in [-0.2, 0) is 89.3 Å². The maximum absolute atomic E-state index is 16.1. The zero-order valence-electron chi connectivity index (χ0n) is 55.0. The third kappa shape index (κ3) is 18.1. The van der Waals surface area contributed by atoms with Crippen LogP contribution < -0.4 is 26.2 Å². The van der Waals surface area contributed by atoms with Crippen LogP contribution in [0.15, 0.2) is 103 Å². The number of Topliss-reactive ketones (excluding diaryl/α,β-unsaturated/α-hetero) is 3. The number of benzene rings is 3. The standard InChI is InChI=1S/C73H90FN5O17/c1-4-12-69-95-63-42-55-54-41-57(74)56-40-52(80)27-29-71(56,2)70(54)61(83)43-72(55,3)73(63,96-69)62(84)46-94-47-77-65(86)24-22-60(82)58(39-48-13-6-5-7-14-48)78-67(88)23-21-53(81)44-76-66(87)28-31-90-33-35-92-37-38-93-36-34-91-32-30-75-64(85)25-26-68(89)79-45-51-17-9-8-15-49(51)19-20-50-16-10-11-18-59(50)79/h5-11,13-18,27,29,40,54-55,57-58,61,63,69-70,83H,4,12,21-26,28,30-39,41-47H2,1-3H3,(H,75,85)(H,76,87)(H,77,86)(H,78,88)/t54-,55-,57-,58-,61-,63+,69?,70?,71-,72-,73+/m0/s1. The van der Waals surface area contributed by atoms with Crippen molar-refractivity contribution in [2.75, 3.05) is 84.2 Å². The van der Waals surface area contributed by atoms with Gasteiger partial charge in [0.05, 0.1) is 89.9 Å². The quantitative estimate of drug-likeness (QED) is 0.0267. The number of nitrogens with one attached hydrogen (secondary N) is 4. The van der Waals surface area contributed by atoms with Gasteiger partial charge in [0.15, 0.2) is 35.0 Å². The van der Waals surface area contributed by atoms with Gasteiger partial charge in [-0.15, -0.1) is 0 Å². The second-order valence-electron chi connectivity index (χ2n) is 25.8. The molecule has 5 N–H and O–H groups in total. The molecule has 9 rings (SSSR count). The molecule has 2 heterocycles. The van der Waals surface area contributed by atoms with Crippen LogP contribution in [0.4, 0.5) is 10.1 Å². The molecule has 2 aliphatic heterocycles. The lowest BCUT2D eigenvalue weighted by Crippen LogP contribution is -2.64. The Morgan fingerprint density at radius 1 is 0.719 bits per heavy atom. The smallest absolute Gasteiger partial charge is 0.227 e. The molecule has 1 saturated heterocycles. The topological polar surface area (TPSA) is 290 Å². The molecule has 516 valence electrons. The molecule has 4 fully saturated rings. The Hall–Kier alpha value is -7.66. The average Bonchev–Trinajstić information content (AvgIpc) is 1.50. The summed E-state index contributed by atoms with van der Waals surface area (Å²) in [5.74, 6) is 1.88. The molecule has 11 atom stereocenters. The van der Waals surface area contributed by atoms with Crippen LogP contribution in [0.25, 0.3) is 0 Å². The number of anilines is 1. The molecule has 3 saturated carbocycles. The molecule has 0 radical (unpaired) electrons. The number of allylic oxidation sites excluding steroid dienone is 4. The Bertz CT molecular complexity index is 3410. The van der Waals surface area contributed by atoms with Gasteiger partial charge in [-0.2, -0.15) is 0 Å². The fraction of sp³-hybridized carbons (Fsp3) is 0.548. The van der Waals surface area contributed by atoms with Crippen LogP contribution in [0, 0.1) is 40.4 Å². The number of para-hydroxylation sites is 1. The molecule has 0 spiro atoms. The summed E-state index contributed by atoms with van der Waals surface area (Å²) in [6, 6.07) is 23.2. The number of ether oxygens (including phenoxy) is 7. The van der Waals surface area contributed by atoms with Gasteiger partial charge >= 0.3 is 0 Å².